The maximum absolute atomic E-state index is 12.0. The van der Waals surface area contributed by atoms with Crippen molar-refractivity contribution < 1.29 is 24.2 Å². The SMILES string of the molecule is COC(=O)c1c(N)c(C#N)cn1-c1ccc(NC(=O)NCCC(=O)O)cc1. The molecule has 10 nitrogen and oxygen atoms in total. The summed E-state index contributed by atoms with van der Waals surface area (Å²) in [6.07, 6.45) is 1.24. The maximum Gasteiger partial charge on any atom is 0.357 e. The van der Waals surface area contributed by atoms with Gasteiger partial charge in [-0.1, -0.05) is 0 Å². The fourth-order valence-electron chi connectivity index (χ4n) is 2.28. The van der Waals surface area contributed by atoms with Crippen molar-refractivity contribution in [2.24, 2.45) is 0 Å². The number of esters is 1. The highest BCUT2D eigenvalue weighted by atomic mass is 16.5. The lowest BCUT2D eigenvalue weighted by Gasteiger charge is -2.10. The van der Waals surface area contributed by atoms with Gasteiger partial charge in [-0.3, -0.25) is 4.79 Å². The van der Waals surface area contributed by atoms with Gasteiger partial charge >= 0.3 is 18.0 Å². The highest BCUT2D eigenvalue weighted by molar-refractivity contribution is 5.96. The Morgan fingerprint density at radius 3 is 2.52 bits per heavy atom. The van der Waals surface area contributed by atoms with Crippen LogP contribution in [0.5, 0.6) is 0 Å². The fraction of sp³-hybridized carbons (Fsp3) is 0.176. The third kappa shape index (κ3) is 4.55. The molecule has 0 radical (unpaired) electrons. The number of nitrogens with one attached hydrogen (secondary N) is 2. The molecule has 0 bridgehead atoms. The Kier molecular flexibility index (Phi) is 6.01. The number of anilines is 2. The number of nitriles is 1. The zero-order chi connectivity index (χ0) is 20.0. The molecule has 27 heavy (non-hydrogen) atoms. The minimum atomic E-state index is -1.01. The predicted molar refractivity (Wildman–Crippen MR) is 95.5 cm³/mol. The normalized spacial score (nSPS) is 9.93. The quantitative estimate of drug-likeness (QED) is 0.557. The number of rotatable bonds is 6. The number of urea groups is 1. The predicted octanol–water partition coefficient (Wildman–Crippen LogP) is 1.31. The van der Waals surface area contributed by atoms with Crippen LogP contribution in [0, 0.1) is 11.3 Å². The Bertz CT molecular complexity index is 911. The average molecular weight is 371 g/mol. The van der Waals surface area contributed by atoms with E-state index in [1.165, 1.54) is 17.9 Å². The highest BCUT2D eigenvalue weighted by Gasteiger charge is 2.21. The number of methoxy groups -OCH3 is 1. The largest absolute Gasteiger partial charge is 0.481 e. The standard InChI is InChI=1S/C17H17N5O5/c1-27-16(25)15-14(19)10(8-18)9-22(15)12-4-2-11(3-5-12)21-17(26)20-7-6-13(23)24/h2-5,9H,6-7,19H2,1H3,(H,23,24)(H2,20,21,26). The van der Waals surface area contributed by atoms with Crippen molar-refractivity contribution in [3.05, 3.63) is 41.7 Å². The number of carboxylic acids is 1. The summed E-state index contributed by atoms with van der Waals surface area (Å²) in [4.78, 5) is 34.1. The first kappa shape index (κ1) is 19.3. The summed E-state index contributed by atoms with van der Waals surface area (Å²) in [5.41, 5.74) is 7.00. The molecule has 0 saturated heterocycles. The third-order valence-electron chi connectivity index (χ3n) is 3.57. The monoisotopic (exact) mass is 371 g/mol. The van der Waals surface area contributed by atoms with Crippen LogP contribution in [0.25, 0.3) is 5.69 Å². The Balaban J connectivity index is 2.18. The summed E-state index contributed by atoms with van der Waals surface area (Å²) < 4.78 is 6.14. The van der Waals surface area contributed by atoms with Crippen LogP contribution in [-0.2, 0) is 9.53 Å². The van der Waals surface area contributed by atoms with E-state index in [1.54, 1.807) is 24.3 Å². The number of hydrogen-bond acceptors (Lipinski definition) is 6. The second kappa shape index (κ2) is 8.39. The number of ether oxygens (including phenoxy) is 1. The van der Waals surface area contributed by atoms with Crippen molar-refractivity contribution in [3.63, 3.8) is 0 Å². The number of carbonyl (C=O) groups excluding carboxylic acids is 2. The van der Waals surface area contributed by atoms with E-state index in [1.807, 2.05) is 6.07 Å². The molecule has 0 spiro atoms. The smallest absolute Gasteiger partial charge is 0.357 e. The molecule has 5 N–H and O–H groups in total. The molecule has 0 aliphatic heterocycles. The number of aromatic nitrogens is 1. The summed E-state index contributed by atoms with van der Waals surface area (Å²) >= 11 is 0. The zero-order valence-corrected chi connectivity index (χ0v) is 14.4. The van der Waals surface area contributed by atoms with Gasteiger partial charge in [0.15, 0.2) is 5.69 Å². The first-order chi connectivity index (χ1) is 12.9. The van der Waals surface area contributed by atoms with Crippen LogP contribution >= 0.6 is 0 Å². The van der Waals surface area contributed by atoms with Crippen molar-refractivity contribution >= 4 is 29.3 Å². The van der Waals surface area contributed by atoms with Gasteiger partial charge in [0.1, 0.15) is 6.07 Å². The van der Waals surface area contributed by atoms with Gasteiger partial charge in [-0.05, 0) is 24.3 Å². The number of benzene rings is 1. The molecule has 1 aromatic carbocycles. The lowest BCUT2D eigenvalue weighted by molar-refractivity contribution is -0.136. The van der Waals surface area contributed by atoms with E-state index in [-0.39, 0.29) is 29.9 Å². The number of amides is 2. The molecular formula is C17H17N5O5. The molecule has 0 unspecified atom stereocenters. The fourth-order valence-corrected chi connectivity index (χ4v) is 2.28. The molecule has 0 aliphatic carbocycles. The molecule has 0 fully saturated rings. The molecule has 1 heterocycles. The van der Waals surface area contributed by atoms with Crippen LogP contribution in [0.1, 0.15) is 22.5 Å². The minimum absolute atomic E-state index is 0.00131. The molecule has 10 heteroatoms. The van der Waals surface area contributed by atoms with Gasteiger partial charge in [-0.25, -0.2) is 9.59 Å². The number of aliphatic carboxylic acids is 1. The van der Waals surface area contributed by atoms with Crippen LogP contribution in [-0.4, -0.2) is 41.3 Å². The lowest BCUT2D eigenvalue weighted by atomic mass is 10.2. The van der Waals surface area contributed by atoms with Crippen molar-refractivity contribution in [3.8, 4) is 11.8 Å². The highest BCUT2D eigenvalue weighted by Crippen LogP contribution is 2.25. The molecule has 1 aromatic heterocycles. The minimum Gasteiger partial charge on any atom is -0.481 e. The van der Waals surface area contributed by atoms with Gasteiger partial charge < -0.3 is 30.8 Å². The van der Waals surface area contributed by atoms with Gasteiger partial charge in [0.05, 0.1) is 24.8 Å². The molecule has 0 atom stereocenters. The average Bonchev–Trinajstić information content (AvgIpc) is 2.97. The molecule has 2 rings (SSSR count). The van der Waals surface area contributed by atoms with Crippen LogP contribution < -0.4 is 16.4 Å². The third-order valence-corrected chi connectivity index (χ3v) is 3.57. The van der Waals surface area contributed by atoms with Crippen LogP contribution in [0.4, 0.5) is 16.2 Å². The Morgan fingerprint density at radius 1 is 1.30 bits per heavy atom. The van der Waals surface area contributed by atoms with E-state index < -0.39 is 18.0 Å². The number of carbonyl (C=O) groups is 3. The van der Waals surface area contributed by atoms with Gasteiger partial charge in [0.2, 0.25) is 0 Å². The molecular weight excluding hydrogens is 354 g/mol. The summed E-state index contributed by atoms with van der Waals surface area (Å²) in [7, 11) is 1.21. The van der Waals surface area contributed by atoms with Crippen molar-refractivity contribution in [1.82, 2.24) is 9.88 Å². The Hall–Kier alpha value is -4.00. The van der Waals surface area contributed by atoms with E-state index >= 15 is 0 Å². The number of nitrogen functional groups attached to an aromatic ring is 1. The number of nitrogens with two attached hydrogens (primary N) is 1. The first-order valence-electron chi connectivity index (χ1n) is 7.73. The number of carboxylic acid groups (broad SMARTS) is 1. The summed E-state index contributed by atoms with van der Waals surface area (Å²) in [6, 6.07) is 7.74. The first-order valence-corrected chi connectivity index (χ1v) is 7.73. The van der Waals surface area contributed by atoms with Crippen LogP contribution in [0.15, 0.2) is 30.5 Å². The van der Waals surface area contributed by atoms with E-state index in [0.29, 0.717) is 11.4 Å². The van der Waals surface area contributed by atoms with Crippen LogP contribution in [0.3, 0.4) is 0 Å². The van der Waals surface area contributed by atoms with E-state index in [4.69, 9.17) is 20.8 Å². The number of hydrogen-bond donors (Lipinski definition) is 4. The second-order valence-corrected chi connectivity index (χ2v) is 5.35. The Labute approximate surface area is 154 Å². The zero-order valence-electron chi connectivity index (χ0n) is 14.4. The molecule has 0 saturated carbocycles. The molecule has 2 aromatic rings. The maximum atomic E-state index is 12.0. The number of nitrogens with zero attached hydrogens (tertiary/aromatic N) is 2. The molecule has 2 amide bonds. The van der Waals surface area contributed by atoms with Crippen molar-refractivity contribution in [2.45, 2.75) is 6.42 Å². The summed E-state index contributed by atoms with van der Waals surface area (Å²) in [6.45, 7) is 0.00131. The van der Waals surface area contributed by atoms with E-state index in [2.05, 4.69) is 10.6 Å². The second-order valence-electron chi connectivity index (χ2n) is 5.35. The van der Waals surface area contributed by atoms with Crippen LogP contribution in [0.2, 0.25) is 0 Å². The van der Waals surface area contributed by atoms with Gasteiger partial charge in [-0.15, -0.1) is 0 Å². The molecule has 0 aliphatic rings. The van der Waals surface area contributed by atoms with Gasteiger partial charge in [-0.2, -0.15) is 5.26 Å². The van der Waals surface area contributed by atoms with Gasteiger partial charge in [0.25, 0.3) is 0 Å². The molecule has 140 valence electrons. The summed E-state index contributed by atoms with van der Waals surface area (Å²) in [5, 5.41) is 22.6. The Morgan fingerprint density at radius 2 is 1.96 bits per heavy atom. The van der Waals surface area contributed by atoms with Gasteiger partial charge in [0, 0.05) is 24.1 Å². The van der Waals surface area contributed by atoms with Crippen molar-refractivity contribution in [2.75, 3.05) is 24.7 Å². The van der Waals surface area contributed by atoms with Crippen molar-refractivity contribution in [1.29, 1.82) is 5.26 Å². The van der Waals surface area contributed by atoms with E-state index in [9.17, 15) is 14.4 Å². The summed E-state index contributed by atoms with van der Waals surface area (Å²) in [5.74, 6) is -1.70. The topological polar surface area (TPSA) is 159 Å². The van der Waals surface area contributed by atoms with E-state index in [0.717, 1.165) is 0 Å². The lowest BCUT2D eigenvalue weighted by Crippen LogP contribution is -2.30.